The molecule has 0 amide bonds. The number of aromatic nitrogens is 5. The van der Waals surface area contributed by atoms with Gasteiger partial charge in [0.2, 0.25) is 5.95 Å². The van der Waals surface area contributed by atoms with Gasteiger partial charge in [-0.15, -0.1) is 5.10 Å². The molecule has 0 saturated carbocycles. The van der Waals surface area contributed by atoms with Crippen LogP contribution in [0, 0.1) is 5.92 Å². The molecule has 20 heavy (non-hydrogen) atoms. The van der Waals surface area contributed by atoms with Crippen LogP contribution in [0.2, 0.25) is 0 Å². The third kappa shape index (κ3) is 2.53. The molecular formula is C13H21N7. The topological polar surface area (TPSA) is 74.7 Å². The van der Waals surface area contributed by atoms with E-state index < -0.39 is 0 Å². The molecule has 3 rings (SSSR count). The van der Waals surface area contributed by atoms with Gasteiger partial charge in [0.25, 0.3) is 0 Å². The Hall–Kier alpha value is -1.89. The number of H-pyrrole nitrogens is 1. The van der Waals surface area contributed by atoms with Crippen molar-refractivity contribution in [2.24, 2.45) is 13.0 Å². The predicted octanol–water partition coefficient (Wildman–Crippen LogP) is 0.641. The number of hydrogen-bond acceptors (Lipinski definition) is 5. The van der Waals surface area contributed by atoms with Crippen molar-refractivity contribution in [3.05, 3.63) is 12.3 Å². The molecule has 0 atom stereocenters. The zero-order chi connectivity index (χ0) is 13.9. The van der Waals surface area contributed by atoms with Crippen LogP contribution in [0.1, 0.15) is 12.8 Å². The fraction of sp³-hybridized carbons (Fsp3) is 0.615. The van der Waals surface area contributed by atoms with Crippen LogP contribution in [0.3, 0.4) is 0 Å². The summed E-state index contributed by atoms with van der Waals surface area (Å²) in [5.74, 6) is 2.34. The van der Waals surface area contributed by atoms with E-state index in [0.717, 1.165) is 43.0 Å². The Kier molecular flexibility index (Phi) is 3.68. The average Bonchev–Trinajstić information content (AvgIpc) is 3.08. The van der Waals surface area contributed by atoms with Gasteiger partial charge < -0.3 is 10.2 Å². The smallest absolute Gasteiger partial charge is 0.245 e. The molecule has 2 N–H and O–H groups in total. The van der Waals surface area contributed by atoms with Crippen molar-refractivity contribution in [3.63, 3.8) is 0 Å². The number of hydrogen-bond donors (Lipinski definition) is 2. The molecule has 7 heteroatoms. The van der Waals surface area contributed by atoms with Gasteiger partial charge in [0.1, 0.15) is 5.69 Å². The quantitative estimate of drug-likeness (QED) is 0.856. The van der Waals surface area contributed by atoms with Gasteiger partial charge in [-0.05, 0) is 38.4 Å². The lowest BCUT2D eigenvalue weighted by atomic mass is 9.97. The molecule has 0 spiro atoms. The van der Waals surface area contributed by atoms with Crippen molar-refractivity contribution >= 4 is 5.95 Å². The summed E-state index contributed by atoms with van der Waals surface area (Å²) in [5.41, 5.74) is 0.953. The highest BCUT2D eigenvalue weighted by molar-refractivity contribution is 5.51. The Morgan fingerprint density at radius 3 is 2.85 bits per heavy atom. The molecule has 0 aliphatic carbocycles. The molecule has 1 fully saturated rings. The molecule has 0 radical (unpaired) electrons. The molecule has 0 unspecified atom stereocenters. The number of anilines is 1. The Labute approximate surface area is 118 Å². The van der Waals surface area contributed by atoms with Crippen molar-refractivity contribution in [2.75, 3.05) is 31.6 Å². The van der Waals surface area contributed by atoms with E-state index in [-0.39, 0.29) is 0 Å². The molecule has 2 aromatic heterocycles. The summed E-state index contributed by atoms with van der Waals surface area (Å²) in [7, 11) is 3.92. The number of aromatic amines is 1. The Morgan fingerprint density at radius 2 is 2.20 bits per heavy atom. The lowest BCUT2D eigenvalue weighted by Crippen LogP contribution is -2.37. The second-order valence-electron chi connectivity index (χ2n) is 5.31. The van der Waals surface area contributed by atoms with Gasteiger partial charge in [0.05, 0.1) is 0 Å². The third-order valence-electron chi connectivity index (χ3n) is 3.93. The molecule has 1 saturated heterocycles. The minimum Gasteiger partial charge on any atom is -0.340 e. The third-order valence-corrected chi connectivity index (χ3v) is 3.93. The molecule has 3 heterocycles. The molecule has 7 nitrogen and oxygen atoms in total. The van der Waals surface area contributed by atoms with Gasteiger partial charge in [0.15, 0.2) is 5.82 Å². The highest BCUT2D eigenvalue weighted by Gasteiger charge is 2.21. The monoisotopic (exact) mass is 275 g/mol. The minimum absolute atomic E-state index is 0.770. The van der Waals surface area contributed by atoms with E-state index >= 15 is 0 Å². The Morgan fingerprint density at radius 1 is 1.40 bits per heavy atom. The van der Waals surface area contributed by atoms with Crippen LogP contribution in [-0.4, -0.2) is 51.6 Å². The van der Waals surface area contributed by atoms with Gasteiger partial charge in [-0.25, -0.2) is 0 Å². The molecule has 108 valence electrons. The van der Waals surface area contributed by atoms with Gasteiger partial charge in [-0.2, -0.15) is 10.1 Å². The van der Waals surface area contributed by atoms with Gasteiger partial charge >= 0.3 is 0 Å². The molecule has 1 aliphatic rings. The molecule has 1 aliphatic heterocycles. The number of nitrogens with zero attached hydrogens (tertiary/aromatic N) is 5. The predicted molar refractivity (Wildman–Crippen MR) is 77.4 cm³/mol. The highest BCUT2D eigenvalue weighted by atomic mass is 15.4. The number of piperidine rings is 1. The van der Waals surface area contributed by atoms with Crippen LogP contribution in [-0.2, 0) is 7.05 Å². The summed E-state index contributed by atoms with van der Waals surface area (Å²) in [5, 5.41) is 14.8. The van der Waals surface area contributed by atoms with Crippen LogP contribution in [0.25, 0.3) is 11.5 Å². The van der Waals surface area contributed by atoms with Crippen molar-refractivity contribution in [1.29, 1.82) is 0 Å². The van der Waals surface area contributed by atoms with E-state index in [1.54, 1.807) is 10.9 Å². The summed E-state index contributed by atoms with van der Waals surface area (Å²) in [6.07, 6.45) is 4.15. The van der Waals surface area contributed by atoms with Crippen LogP contribution >= 0.6 is 0 Å². The maximum Gasteiger partial charge on any atom is 0.245 e. The first-order valence-electron chi connectivity index (χ1n) is 7.08. The molecule has 0 bridgehead atoms. The number of nitrogens with one attached hydrogen (secondary N) is 2. The average molecular weight is 275 g/mol. The van der Waals surface area contributed by atoms with Crippen molar-refractivity contribution in [2.45, 2.75) is 12.8 Å². The maximum absolute atomic E-state index is 4.59. The van der Waals surface area contributed by atoms with E-state index in [2.05, 4.69) is 30.5 Å². The van der Waals surface area contributed by atoms with Crippen molar-refractivity contribution in [3.8, 4) is 11.5 Å². The zero-order valence-corrected chi connectivity index (χ0v) is 12.0. The SMILES string of the molecule is CNCC1CCN(c2n[nH]c(-c3ccnn3C)n2)CC1. The zero-order valence-electron chi connectivity index (χ0n) is 12.0. The van der Waals surface area contributed by atoms with Crippen LogP contribution in [0.4, 0.5) is 5.95 Å². The first kappa shape index (κ1) is 13.1. The Balaban J connectivity index is 1.68. The fourth-order valence-electron chi connectivity index (χ4n) is 2.74. The maximum atomic E-state index is 4.59. The summed E-state index contributed by atoms with van der Waals surface area (Å²) >= 11 is 0. The summed E-state index contributed by atoms with van der Waals surface area (Å²) in [6.45, 7) is 3.14. The Bertz CT molecular complexity index is 551. The van der Waals surface area contributed by atoms with Gasteiger partial charge in [-0.1, -0.05) is 0 Å². The number of aryl methyl sites for hydroxylation is 1. The summed E-state index contributed by atoms with van der Waals surface area (Å²) in [6, 6.07) is 1.93. The second-order valence-corrected chi connectivity index (χ2v) is 5.31. The lowest BCUT2D eigenvalue weighted by Gasteiger charge is -2.30. The van der Waals surface area contributed by atoms with Gasteiger partial charge in [0, 0.05) is 26.3 Å². The highest BCUT2D eigenvalue weighted by Crippen LogP contribution is 2.22. The van der Waals surface area contributed by atoms with E-state index in [4.69, 9.17) is 0 Å². The fourth-order valence-corrected chi connectivity index (χ4v) is 2.74. The van der Waals surface area contributed by atoms with E-state index in [9.17, 15) is 0 Å². The van der Waals surface area contributed by atoms with Gasteiger partial charge in [-0.3, -0.25) is 9.78 Å². The van der Waals surface area contributed by atoms with E-state index in [0.29, 0.717) is 0 Å². The minimum atomic E-state index is 0.770. The molecule has 2 aromatic rings. The van der Waals surface area contributed by atoms with Crippen molar-refractivity contribution in [1.82, 2.24) is 30.3 Å². The summed E-state index contributed by atoms with van der Waals surface area (Å²) < 4.78 is 1.80. The van der Waals surface area contributed by atoms with Crippen LogP contribution < -0.4 is 10.2 Å². The first-order chi connectivity index (χ1) is 9.78. The van der Waals surface area contributed by atoms with Crippen LogP contribution in [0.5, 0.6) is 0 Å². The second kappa shape index (κ2) is 5.62. The van der Waals surface area contributed by atoms with E-state index in [1.165, 1.54) is 12.8 Å². The molecule has 0 aromatic carbocycles. The van der Waals surface area contributed by atoms with Crippen molar-refractivity contribution < 1.29 is 0 Å². The lowest BCUT2D eigenvalue weighted by molar-refractivity contribution is 0.391. The largest absolute Gasteiger partial charge is 0.340 e. The first-order valence-corrected chi connectivity index (χ1v) is 7.08. The standard InChI is InChI=1S/C13H21N7/c1-14-9-10-4-7-20(8-5-10)13-16-12(17-18-13)11-3-6-15-19(11)2/h3,6,10,14H,4-5,7-9H2,1-2H3,(H,16,17,18). The van der Waals surface area contributed by atoms with Crippen LogP contribution in [0.15, 0.2) is 12.3 Å². The number of rotatable bonds is 4. The van der Waals surface area contributed by atoms with E-state index in [1.807, 2.05) is 20.2 Å². The normalized spacial score (nSPS) is 16.8. The summed E-state index contributed by atoms with van der Waals surface area (Å²) in [4.78, 5) is 6.84. The molecular weight excluding hydrogens is 254 g/mol.